The molecule has 1 aliphatic heterocycles. The van der Waals surface area contributed by atoms with Crippen molar-refractivity contribution in [2.75, 3.05) is 24.1 Å². The first kappa shape index (κ1) is 31.3. The molecule has 1 fully saturated rings. The van der Waals surface area contributed by atoms with Gasteiger partial charge in [-0.25, -0.2) is 12.8 Å². The zero-order valence-electron chi connectivity index (χ0n) is 24.8. The molecule has 2 aliphatic rings. The lowest BCUT2D eigenvalue weighted by atomic mass is 9.95. The number of nitrogens with one attached hydrogen (secondary N) is 1. The van der Waals surface area contributed by atoms with Crippen molar-refractivity contribution in [3.05, 3.63) is 84.2 Å². The van der Waals surface area contributed by atoms with Gasteiger partial charge in [0.2, 0.25) is 11.8 Å². The lowest BCUT2D eigenvalue weighted by Gasteiger charge is -2.34. The number of halogens is 1. The molecule has 1 saturated carbocycles. The number of amides is 2. The van der Waals surface area contributed by atoms with Crippen LogP contribution in [-0.2, 0) is 26.2 Å². The van der Waals surface area contributed by atoms with Crippen LogP contribution >= 0.6 is 0 Å². The van der Waals surface area contributed by atoms with Gasteiger partial charge < -0.3 is 19.7 Å². The number of sulfonamides is 1. The van der Waals surface area contributed by atoms with Gasteiger partial charge >= 0.3 is 0 Å². The maximum absolute atomic E-state index is 14.2. The van der Waals surface area contributed by atoms with E-state index in [9.17, 15) is 22.4 Å². The van der Waals surface area contributed by atoms with Gasteiger partial charge in [0.1, 0.15) is 31.6 Å². The molecule has 1 aliphatic carbocycles. The number of fused-ring (bicyclic) bond motifs is 1. The number of ether oxygens (including phenoxy) is 2. The summed E-state index contributed by atoms with van der Waals surface area (Å²) >= 11 is 0. The minimum Gasteiger partial charge on any atom is -0.486 e. The number of carbonyl (C=O) groups excluding carboxylic acids is 2. The van der Waals surface area contributed by atoms with Crippen LogP contribution in [0.25, 0.3) is 0 Å². The first-order valence-electron chi connectivity index (χ1n) is 15.1. The van der Waals surface area contributed by atoms with Crippen molar-refractivity contribution < 1.29 is 31.9 Å². The van der Waals surface area contributed by atoms with E-state index in [1.807, 2.05) is 37.3 Å². The Kier molecular flexibility index (Phi) is 10.0. The molecule has 1 atom stereocenters. The smallest absolute Gasteiger partial charge is 0.264 e. The highest BCUT2D eigenvalue weighted by Crippen LogP contribution is 2.34. The van der Waals surface area contributed by atoms with E-state index in [-0.39, 0.29) is 41.4 Å². The Hall–Kier alpha value is -4.12. The van der Waals surface area contributed by atoms with Crippen LogP contribution in [0.3, 0.4) is 0 Å². The van der Waals surface area contributed by atoms with E-state index >= 15 is 0 Å². The summed E-state index contributed by atoms with van der Waals surface area (Å²) in [4.78, 5) is 29.2. The van der Waals surface area contributed by atoms with Gasteiger partial charge in [-0.1, -0.05) is 56.5 Å². The van der Waals surface area contributed by atoms with Crippen molar-refractivity contribution in [3.63, 3.8) is 0 Å². The molecular weight excluding hydrogens is 585 g/mol. The molecule has 5 rings (SSSR count). The quantitative estimate of drug-likeness (QED) is 0.321. The standard InChI is InChI=1S/C33H38FN3O6S/c1-2-29(33(39)35-26-11-7-4-8-12-26)36(22-24-9-5-3-6-10-24)32(38)23-37(27-15-13-25(34)14-16-27)44(40,41)28-17-18-30-31(21-28)43-20-19-42-30/h3,5-6,9-10,13-18,21,26,29H,2,4,7-8,11-12,19-20,22-23H2,1H3,(H,35,39). The van der Waals surface area contributed by atoms with E-state index in [1.54, 1.807) is 0 Å². The lowest BCUT2D eigenvalue weighted by molar-refractivity contribution is -0.140. The largest absolute Gasteiger partial charge is 0.486 e. The van der Waals surface area contributed by atoms with Crippen LogP contribution in [-0.4, -0.2) is 57.0 Å². The molecule has 1 heterocycles. The SMILES string of the molecule is CCC(C(=O)NC1CCCCC1)N(Cc1ccccc1)C(=O)CN(c1ccc(F)cc1)S(=O)(=O)c1ccc2c(c1)OCCO2. The molecule has 0 saturated heterocycles. The van der Waals surface area contributed by atoms with Gasteiger partial charge in [0, 0.05) is 18.7 Å². The Balaban J connectivity index is 1.48. The highest BCUT2D eigenvalue weighted by atomic mass is 32.2. The molecule has 3 aromatic carbocycles. The Morgan fingerprint density at radius 1 is 0.932 bits per heavy atom. The maximum atomic E-state index is 14.2. The lowest BCUT2D eigenvalue weighted by Crippen LogP contribution is -2.54. The summed E-state index contributed by atoms with van der Waals surface area (Å²) in [7, 11) is -4.35. The number of benzene rings is 3. The second-order valence-electron chi connectivity index (χ2n) is 11.1. The van der Waals surface area contributed by atoms with Crippen molar-refractivity contribution >= 4 is 27.5 Å². The van der Waals surface area contributed by atoms with E-state index in [0.29, 0.717) is 18.8 Å². The molecule has 0 bridgehead atoms. The molecule has 44 heavy (non-hydrogen) atoms. The van der Waals surface area contributed by atoms with Crippen LogP contribution in [0, 0.1) is 5.82 Å². The second-order valence-corrected chi connectivity index (χ2v) is 12.9. The third-order valence-electron chi connectivity index (χ3n) is 8.03. The molecule has 0 radical (unpaired) electrons. The second kappa shape index (κ2) is 14.1. The molecule has 0 spiro atoms. The molecule has 2 amide bonds. The minimum absolute atomic E-state index is 0.0466. The third-order valence-corrected chi connectivity index (χ3v) is 9.80. The minimum atomic E-state index is -4.35. The number of anilines is 1. The Morgan fingerprint density at radius 2 is 1.61 bits per heavy atom. The van der Waals surface area contributed by atoms with Crippen molar-refractivity contribution in [2.24, 2.45) is 0 Å². The topological polar surface area (TPSA) is 105 Å². The summed E-state index contributed by atoms with van der Waals surface area (Å²) in [5.41, 5.74) is 0.904. The number of hydrogen-bond donors (Lipinski definition) is 1. The third kappa shape index (κ3) is 7.32. The predicted octanol–water partition coefficient (Wildman–Crippen LogP) is 5.05. The number of rotatable bonds is 11. The Labute approximate surface area is 258 Å². The first-order chi connectivity index (χ1) is 21.3. The summed E-state index contributed by atoms with van der Waals surface area (Å²) < 4.78 is 54.3. The maximum Gasteiger partial charge on any atom is 0.264 e. The van der Waals surface area contributed by atoms with Crippen LogP contribution < -0.4 is 19.1 Å². The fraction of sp³-hybridized carbons (Fsp3) is 0.394. The molecule has 0 aromatic heterocycles. The number of nitrogens with zero attached hydrogens (tertiary/aromatic N) is 2. The summed E-state index contributed by atoms with van der Waals surface area (Å²) in [6.07, 6.45) is 5.33. The summed E-state index contributed by atoms with van der Waals surface area (Å²) in [6, 6.07) is 17.6. The van der Waals surface area contributed by atoms with Gasteiger partial charge in [0.05, 0.1) is 10.6 Å². The van der Waals surface area contributed by atoms with E-state index in [0.717, 1.165) is 54.1 Å². The van der Waals surface area contributed by atoms with E-state index in [4.69, 9.17) is 9.47 Å². The monoisotopic (exact) mass is 623 g/mol. The normalized spacial score (nSPS) is 15.7. The molecule has 1 N–H and O–H groups in total. The van der Waals surface area contributed by atoms with Crippen molar-refractivity contribution in [1.29, 1.82) is 0 Å². The van der Waals surface area contributed by atoms with Gasteiger partial charge in [0.15, 0.2) is 11.5 Å². The number of carbonyl (C=O) groups is 2. The highest BCUT2D eigenvalue weighted by molar-refractivity contribution is 7.92. The summed E-state index contributed by atoms with van der Waals surface area (Å²) in [5.74, 6) is -0.674. The van der Waals surface area contributed by atoms with Gasteiger partial charge in [-0.3, -0.25) is 13.9 Å². The average Bonchev–Trinajstić information content (AvgIpc) is 3.04. The van der Waals surface area contributed by atoms with Crippen molar-refractivity contribution in [3.8, 4) is 11.5 Å². The van der Waals surface area contributed by atoms with E-state index in [2.05, 4.69) is 5.32 Å². The molecule has 234 valence electrons. The molecular formula is C33H38FN3O6S. The van der Waals surface area contributed by atoms with Crippen LogP contribution in [0.5, 0.6) is 11.5 Å². The first-order valence-corrected chi connectivity index (χ1v) is 16.5. The molecule has 3 aromatic rings. The van der Waals surface area contributed by atoms with E-state index < -0.39 is 34.3 Å². The van der Waals surface area contributed by atoms with E-state index in [1.165, 1.54) is 35.2 Å². The predicted molar refractivity (Wildman–Crippen MR) is 164 cm³/mol. The molecule has 9 nitrogen and oxygen atoms in total. The fourth-order valence-corrected chi connectivity index (χ4v) is 7.12. The van der Waals surface area contributed by atoms with Gasteiger partial charge in [-0.15, -0.1) is 0 Å². The van der Waals surface area contributed by atoms with Gasteiger partial charge in [-0.05, 0) is 61.2 Å². The van der Waals surface area contributed by atoms with Crippen LogP contribution in [0.15, 0.2) is 77.7 Å². The Bertz CT molecular complexity index is 1550. The molecule has 1 unspecified atom stereocenters. The summed E-state index contributed by atoms with van der Waals surface area (Å²) in [5, 5.41) is 3.14. The van der Waals surface area contributed by atoms with Crippen LogP contribution in [0.1, 0.15) is 51.0 Å². The fourth-order valence-electron chi connectivity index (χ4n) is 5.69. The Morgan fingerprint density at radius 3 is 2.30 bits per heavy atom. The van der Waals surface area contributed by atoms with Gasteiger partial charge in [-0.2, -0.15) is 0 Å². The zero-order chi connectivity index (χ0) is 31.1. The zero-order valence-corrected chi connectivity index (χ0v) is 25.6. The average molecular weight is 624 g/mol. The highest BCUT2D eigenvalue weighted by Gasteiger charge is 2.35. The van der Waals surface area contributed by atoms with Crippen LogP contribution in [0.4, 0.5) is 10.1 Å². The van der Waals surface area contributed by atoms with Crippen molar-refractivity contribution in [2.45, 2.75) is 69.0 Å². The van der Waals surface area contributed by atoms with Crippen molar-refractivity contribution in [1.82, 2.24) is 10.2 Å². The number of hydrogen-bond acceptors (Lipinski definition) is 6. The summed E-state index contributed by atoms with van der Waals surface area (Å²) in [6.45, 7) is 1.95. The van der Waals surface area contributed by atoms with Crippen LogP contribution in [0.2, 0.25) is 0 Å². The van der Waals surface area contributed by atoms with Gasteiger partial charge in [0.25, 0.3) is 10.0 Å². The molecule has 11 heteroatoms.